The summed E-state index contributed by atoms with van der Waals surface area (Å²) < 4.78 is 5.12. The SMILES string of the molecule is C#C/C=C\c1ccccc1OC. The Morgan fingerprint density at radius 2 is 2.17 bits per heavy atom. The van der Waals surface area contributed by atoms with Gasteiger partial charge in [-0.2, -0.15) is 0 Å². The van der Waals surface area contributed by atoms with Crippen molar-refractivity contribution in [2.24, 2.45) is 0 Å². The van der Waals surface area contributed by atoms with Gasteiger partial charge < -0.3 is 4.74 Å². The van der Waals surface area contributed by atoms with E-state index >= 15 is 0 Å². The molecule has 1 aromatic carbocycles. The largest absolute Gasteiger partial charge is 0.496 e. The molecule has 0 spiro atoms. The lowest BCUT2D eigenvalue weighted by molar-refractivity contribution is 0.414. The van der Waals surface area contributed by atoms with Crippen LogP contribution in [0.3, 0.4) is 0 Å². The summed E-state index contributed by atoms with van der Waals surface area (Å²) >= 11 is 0. The van der Waals surface area contributed by atoms with Crippen LogP contribution in [-0.2, 0) is 0 Å². The number of hydrogen-bond acceptors (Lipinski definition) is 1. The molecule has 0 saturated heterocycles. The lowest BCUT2D eigenvalue weighted by atomic mass is 10.2. The minimum Gasteiger partial charge on any atom is -0.496 e. The first kappa shape index (κ1) is 8.42. The fraction of sp³-hybridized carbons (Fsp3) is 0.0909. The highest BCUT2D eigenvalue weighted by Crippen LogP contribution is 2.18. The van der Waals surface area contributed by atoms with E-state index in [0.717, 1.165) is 11.3 Å². The van der Waals surface area contributed by atoms with Gasteiger partial charge in [0, 0.05) is 5.56 Å². The Morgan fingerprint density at radius 3 is 2.83 bits per heavy atom. The van der Waals surface area contributed by atoms with E-state index < -0.39 is 0 Å². The summed E-state index contributed by atoms with van der Waals surface area (Å²) in [7, 11) is 1.64. The van der Waals surface area contributed by atoms with Crippen molar-refractivity contribution in [3.8, 4) is 18.1 Å². The number of allylic oxidation sites excluding steroid dienone is 1. The number of ether oxygens (including phenoxy) is 1. The maximum Gasteiger partial charge on any atom is 0.126 e. The Bertz CT molecular complexity index is 318. The molecule has 1 nitrogen and oxygen atoms in total. The first-order valence-corrected chi connectivity index (χ1v) is 3.64. The first-order valence-electron chi connectivity index (χ1n) is 3.64. The van der Waals surface area contributed by atoms with Crippen molar-refractivity contribution in [1.82, 2.24) is 0 Å². The van der Waals surface area contributed by atoms with Gasteiger partial charge in [-0.25, -0.2) is 0 Å². The molecule has 0 heterocycles. The molecule has 0 bridgehead atoms. The van der Waals surface area contributed by atoms with Gasteiger partial charge in [0.2, 0.25) is 0 Å². The zero-order valence-corrected chi connectivity index (χ0v) is 6.95. The molecule has 1 aromatic rings. The Labute approximate surface area is 72.7 Å². The Morgan fingerprint density at radius 1 is 1.42 bits per heavy atom. The van der Waals surface area contributed by atoms with Gasteiger partial charge in [-0.05, 0) is 18.2 Å². The van der Waals surface area contributed by atoms with E-state index in [-0.39, 0.29) is 0 Å². The van der Waals surface area contributed by atoms with Crippen molar-refractivity contribution >= 4 is 6.08 Å². The number of benzene rings is 1. The van der Waals surface area contributed by atoms with Crippen LogP contribution < -0.4 is 4.74 Å². The highest BCUT2D eigenvalue weighted by molar-refractivity contribution is 5.59. The molecule has 12 heavy (non-hydrogen) atoms. The van der Waals surface area contributed by atoms with Gasteiger partial charge in [0.25, 0.3) is 0 Å². The predicted molar refractivity (Wildman–Crippen MR) is 50.9 cm³/mol. The van der Waals surface area contributed by atoms with E-state index in [9.17, 15) is 0 Å². The van der Waals surface area contributed by atoms with Crippen molar-refractivity contribution in [1.29, 1.82) is 0 Å². The molecule has 0 radical (unpaired) electrons. The maximum atomic E-state index is 5.12. The molecule has 1 heteroatoms. The number of rotatable bonds is 2. The molecule has 0 aromatic heterocycles. The minimum absolute atomic E-state index is 0.837. The zero-order valence-electron chi connectivity index (χ0n) is 6.95. The summed E-state index contributed by atoms with van der Waals surface area (Å²) in [6, 6.07) is 7.72. The fourth-order valence-corrected chi connectivity index (χ4v) is 0.942. The maximum absolute atomic E-state index is 5.12. The summed E-state index contributed by atoms with van der Waals surface area (Å²) in [6.45, 7) is 0. The highest BCUT2D eigenvalue weighted by Gasteiger charge is 1.94. The molecule has 0 atom stereocenters. The second-order valence-corrected chi connectivity index (χ2v) is 2.24. The van der Waals surface area contributed by atoms with Gasteiger partial charge in [0.1, 0.15) is 5.75 Å². The monoisotopic (exact) mass is 158 g/mol. The molecule has 60 valence electrons. The number of terminal acetylenes is 1. The lowest BCUT2D eigenvalue weighted by Crippen LogP contribution is -1.84. The quantitative estimate of drug-likeness (QED) is 0.600. The average molecular weight is 158 g/mol. The summed E-state index contributed by atoms with van der Waals surface area (Å²) in [5.74, 6) is 3.27. The third kappa shape index (κ3) is 1.90. The van der Waals surface area contributed by atoms with Gasteiger partial charge >= 0.3 is 0 Å². The number of hydrogen-bond donors (Lipinski definition) is 0. The molecule has 0 aliphatic heterocycles. The summed E-state index contributed by atoms with van der Waals surface area (Å²) in [5.41, 5.74) is 0.998. The minimum atomic E-state index is 0.837. The van der Waals surface area contributed by atoms with Crippen LogP contribution in [0.2, 0.25) is 0 Å². The summed E-state index contributed by atoms with van der Waals surface area (Å²) in [4.78, 5) is 0. The summed E-state index contributed by atoms with van der Waals surface area (Å²) in [6.07, 6.45) is 8.59. The average Bonchev–Trinajstić information content (AvgIpc) is 2.15. The van der Waals surface area contributed by atoms with Crippen molar-refractivity contribution in [2.45, 2.75) is 0 Å². The third-order valence-electron chi connectivity index (χ3n) is 1.50. The topological polar surface area (TPSA) is 9.23 Å². The molecule has 0 aliphatic carbocycles. The molecule has 0 fully saturated rings. The van der Waals surface area contributed by atoms with Crippen LogP contribution in [0.25, 0.3) is 6.08 Å². The highest BCUT2D eigenvalue weighted by atomic mass is 16.5. The van der Waals surface area contributed by atoms with E-state index in [1.165, 1.54) is 0 Å². The Hall–Kier alpha value is -1.68. The molecule has 0 N–H and O–H groups in total. The normalized spacial score (nSPS) is 9.67. The van der Waals surface area contributed by atoms with Crippen LogP contribution in [-0.4, -0.2) is 7.11 Å². The molecular formula is C11H10O. The Balaban J connectivity index is 2.99. The lowest BCUT2D eigenvalue weighted by Gasteiger charge is -2.02. The van der Waals surface area contributed by atoms with Crippen LogP contribution in [0, 0.1) is 12.3 Å². The van der Waals surface area contributed by atoms with Gasteiger partial charge in [0.15, 0.2) is 0 Å². The Kier molecular flexibility index (Phi) is 2.98. The van der Waals surface area contributed by atoms with Gasteiger partial charge in [0.05, 0.1) is 7.11 Å². The summed E-state index contributed by atoms with van der Waals surface area (Å²) in [5, 5.41) is 0. The van der Waals surface area contributed by atoms with Crippen LogP contribution in [0.4, 0.5) is 0 Å². The molecule has 0 aliphatic rings. The van der Waals surface area contributed by atoms with Crippen LogP contribution >= 0.6 is 0 Å². The first-order chi connectivity index (χ1) is 5.88. The fourth-order valence-electron chi connectivity index (χ4n) is 0.942. The van der Waals surface area contributed by atoms with Crippen molar-refractivity contribution < 1.29 is 4.74 Å². The van der Waals surface area contributed by atoms with Crippen LogP contribution in [0.15, 0.2) is 30.3 Å². The smallest absolute Gasteiger partial charge is 0.126 e. The van der Waals surface area contributed by atoms with Crippen molar-refractivity contribution in [3.05, 3.63) is 35.9 Å². The van der Waals surface area contributed by atoms with E-state index in [4.69, 9.17) is 11.2 Å². The van der Waals surface area contributed by atoms with E-state index in [1.807, 2.05) is 30.3 Å². The number of methoxy groups -OCH3 is 1. The van der Waals surface area contributed by atoms with Crippen molar-refractivity contribution in [3.63, 3.8) is 0 Å². The predicted octanol–water partition coefficient (Wildman–Crippen LogP) is 2.34. The van der Waals surface area contributed by atoms with Crippen LogP contribution in [0.1, 0.15) is 5.56 Å². The third-order valence-corrected chi connectivity index (χ3v) is 1.50. The van der Waals surface area contributed by atoms with E-state index in [2.05, 4.69) is 5.92 Å². The van der Waals surface area contributed by atoms with Gasteiger partial charge in [-0.15, -0.1) is 6.42 Å². The van der Waals surface area contributed by atoms with Crippen molar-refractivity contribution in [2.75, 3.05) is 7.11 Å². The van der Waals surface area contributed by atoms with E-state index in [0.29, 0.717) is 0 Å². The van der Waals surface area contributed by atoms with Crippen LogP contribution in [0.5, 0.6) is 5.75 Å². The second kappa shape index (κ2) is 4.25. The molecule has 0 unspecified atom stereocenters. The number of para-hydroxylation sites is 1. The molecule has 1 rings (SSSR count). The standard InChI is InChI=1S/C11H10O/c1-3-4-7-10-8-5-6-9-11(10)12-2/h1,4-9H,2H3/b7-4-. The van der Waals surface area contributed by atoms with Gasteiger partial charge in [-0.1, -0.05) is 24.1 Å². The molecule has 0 amide bonds. The molecular weight excluding hydrogens is 148 g/mol. The molecule has 0 saturated carbocycles. The van der Waals surface area contributed by atoms with E-state index in [1.54, 1.807) is 13.2 Å². The zero-order chi connectivity index (χ0) is 8.81. The van der Waals surface area contributed by atoms with Gasteiger partial charge in [-0.3, -0.25) is 0 Å². The second-order valence-electron chi connectivity index (χ2n) is 2.24.